The van der Waals surface area contributed by atoms with E-state index in [1.165, 1.54) is 0 Å². The van der Waals surface area contributed by atoms with Crippen LogP contribution in [-0.2, 0) is 23.7 Å². The van der Waals surface area contributed by atoms with E-state index in [0.29, 0.717) is 41.4 Å². The van der Waals surface area contributed by atoms with E-state index in [2.05, 4.69) is 15.3 Å². The number of nitrogens with one attached hydrogen (secondary N) is 1. The number of nitrogens with zero attached hydrogens (tertiary/aromatic N) is 3. The fourth-order valence-corrected chi connectivity index (χ4v) is 4.01. The smallest absolute Gasteiger partial charge is 0.310 e. The molecule has 0 bridgehead atoms. The van der Waals surface area contributed by atoms with Gasteiger partial charge in [0.25, 0.3) is 0 Å². The molecule has 170 valence electrons. The predicted octanol–water partition coefficient (Wildman–Crippen LogP) is 2.78. The van der Waals surface area contributed by atoms with Crippen molar-refractivity contribution in [2.24, 2.45) is 5.92 Å². The maximum atomic E-state index is 12.2. The molecule has 1 aliphatic heterocycles. The first kappa shape index (κ1) is 23.3. The van der Waals surface area contributed by atoms with Crippen LogP contribution in [0.1, 0.15) is 19.8 Å². The van der Waals surface area contributed by atoms with Gasteiger partial charge in [0.2, 0.25) is 5.95 Å². The summed E-state index contributed by atoms with van der Waals surface area (Å²) < 4.78 is 21.6. The Kier molecular flexibility index (Phi) is 8.11. The zero-order chi connectivity index (χ0) is 22.4. The molecule has 0 aromatic carbocycles. The monoisotopic (exact) mass is 452 g/mol. The van der Waals surface area contributed by atoms with Gasteiger partial charge in [0.1, 0.15) is 23.0 Å². The van der Waals surface area contributed by atoms with Gasteiger partial charge in [-0.3, -0.25) is 4.79 Å². The molecule has 1 aliphatic carbocycles. The Morgan fingerprint density at radius 2 is 2.13 bits per heavy atom. The van der Waals surface area contributed by atoms with Crippen LogP contribution < -0.4 is 10.2 Å². The van der Waals surface area contributed by atoms with Crippen LogP contribution >= 0.6 is 11.6 Å². The number of piperidine rings is 1. The fourth-order valence-electron chi connectivity index (χ4n) is 3.80. The van der Waals surface area contributed by atoms with Gasteiger partial charge in [-0.25, -0.2) is 4.98 Å². The van der Waals surface area contributed by atoms with E-state index in [0.717, 1.165) is 19.4 Å². The Morgan fingerprint density at radius 1 is 1.32 bits per heavy atom. The van der Waals surface area contributed by atoms with Crippen LogP contribution in [-0.4, -0.2) is 69.2 Å². The second kappa shape index (κ2) is 10.8. The summed E-state index contributed by atoms with van der Waals surface area (Å²) in [5, 5.41) is 3.61. The van der Waals surface area contributed by atoms with Crippen LogP contribution in [0.15, 0.2) is 29.8 Å². The number of allylic oxidation sites excluding steroid dienone is 1. The molecule has 1 fully saturated rings. The van der Waals surface area contributed by atoms with Crippen molar-refractivity contribution < 1.29 is 23.7 Å². The highest BCUT2D eigenvalue weighted by molar-refractivity contribution is 6.32. The molecule has 2 heterocycles. The lowest BCUT2D eigenvalue weighted by atomic mass is 9.98. The van der Waals surface area contributed by atoms with Crippen LogP contribution in [0.25, 0.3) is 0 Å². The van der Waals surface area contributed by atoms with E-state index in [1.807, 2.05) is 24.0 Å². The highest BCUT2D eigenvalue weighted by Crippen LogP contribution is 2.30. The molecule has 0 spiro atoms. The van der Waals surface area contributed by atoms with Crippen LogP contribution in [0.4, 0.5) is 11.8 Å². The standard InChI is InChI=1S/C21H29ClN4O5/c1-5-31-20(27)13-7-6-8-26(12-13)19-15(22)11-23-21(25-19)24-14-9-16(28-2)18(30-4)17(10-14)29-3/h9-11,13,16,18H,5-8,12H2,1-4H3,(H,23,24,25)/t13-,16?,18?/m0/s1. The average molecular weight is 453 g/mol. The normalized spacial score (nSPS) is 23.6. The highest BCUT2D eigenvalue weighted by atomic mass is 35.5. The molecule has 3 atom stereocenters. The topological polar surface area (TPSA) is 95.0 Å². The molecule has 0 amide bonds. The van der Waals surface area contributed by atoms with E-state index >= 15 is 0 Å². The fraction of sp³-hybridized carbons (Fsp3) is 0.571. The summed E-state index contributed by atoms with van der Waals surface area (Å²) in [6.07, 6.45) is 6.23. The van der Waals surface area contributed by atoms with E-state index in [-0.39, 0.29) is 24.1 Å². The lowest BCUT2D eigenvalue weighted by Gasteiger charge is -2.33. The van der Waals surface area contributed by atoms with Gasteiger partial charge in [0.15, 0.2) is 5.82 Å². The molecule has 9 nitrogen and oxygen atoms in total. The highest BCUT2D eigenvalue weighted by Gasteiger charge is 2.30. The molecule has 0 saturated carbocycles. The van der Waals surface area contributed by atoms with Crippen molar-refractivity contribution in [2.75, 3.05) is 51.2 Å². The average Bonchev–Trinajstić information content (AvgIpc) is 2.79. The summed E-state index contributed by atoms with van der Waals surface area (Å²) in [5.41, 5.74) is 0.716. The van der Waals surface area contributed by atoms with Gasteiger partial charge < -0.3 is 29.2 Å². The quantitative estimate of drug-likeness (QED) is 0.597. The number of esters is 1. The number of hydrogen-bond acceptors (Lipinski definition) is 9. The Morgan fingerprint density at radius 3 is 2.81 bits per heavy atom. The minimum absolute atomic E-state index is 0.182. The van der Waals surface area contributed by atoms with Crippen molar-refractivity contribution in [2.45, 2.75) is 32.0 Å². The third kappa shape index (κ3) is 5.47. The Labute approximate surface area is 187 Å². The molecule has 0 radical (unpaired) electrons. The zero-order valence-corrected chi connectivity index (χ0v) is 19.0. The van der Waals surface area contributed by atoms with Gasteiger partial charge in [-0.1, -0.05) is 11.6 Å². The number of methoxy groups -OCH3 is 3. The molecule has 2 aliphatic rings. The van der Waals surface area contributed by atoms with E-state index < -0.39 is 0 Å². The lowest BCUT2D eigenvalue weighted by Crippen LogP contribution is -2.40. The minimum atomic E-state index is -0.338. The molecular formula is C21H29ClN4O5. The maximum Gasteiger partial charge on any atom is 0.310 e. The van der Waals surface area contributed by atoms with Gasteiger partial charge in [0.05, 0.1) is 25.8 Å². The van der Waals surface area contributed by atoms with Crippen molar-refractivity contribution in [1.29, 1.82) is 0 Å². The molecular weight excluding hydrogens is 424 g/mol. The van der Waals surface area contributed by atoms with Crippen LogP contribution in [0.2, 0.25) is 5.02 Å². The summed E-state index contributed by atoms with van der Waals surface area (Å²) in [5.74, 6) is 1.21. The van der Waals surface area contributed by atoms with E-state index in [9.17, 15) is 4.79 Å². The SMILES string of the molecule is CCOC(=O)[C@H]1CCCN(c2nc(NC3=CC(OC)C(OC)C(OC)=C3)ncc2Cl)C1. The summed E-state index contributed by atoms with van der Waals surface area (Å²) in [6, 6.07) is 0. The number of anilines is 2. The summed E-state index contributed by atoms with van der Waals surface area (Å²) in [4.78, 5) is 23.1. The number of carbonyl (C=O) groups is 1. The number of halogens is 1. The first-order valence-corrected chi connectivity index (χ1v) is 10.6. The minimum Gasteiger partial charge on any atom is -0.498 e. The van der Waals surface area contributed by atoms with Gasteiger partial charge in [0, 0.05) is 39.1 Å². The van der Waals surface area contributed by atoms with Gasteiger partial charge >= 0.3 is 5.97 Å². The van der Waals surface area contributed by atoms with Crippen LogP contribution in [0.3, 0.4) is 0 Å². The first-order chi connectivity index (χ1) is 15.0. The van der Waals surface area contributed by atoms with E-state index in [1.54, 1.807) is 27.5 Å². The Balaban J connectivity index is 1.79. The Hall–Kier alpha value is -2.36. The lowest BCUT2D eigenvalue weighted by molar-refractivity contribution is -0.148. The number of ether oxygens (including phenoxy) is 4. The largest absolute Gasteiger partial charge is 0.498 e. The summed E-state index contributed by atoms with van der Waals surface area (Å²) in [6.45, 7) is 3.44. The van der Waals surface area contributed by atoms with Crippen molar-refractivity contribution in [1.82, 2.24) is 9.97 Å². The maximum absolute atomic E-state index is 12.2. The molecule has 1 aromatic rings. The molecule has 10 heteroatoms. The number of aromatic nitrogens is 2. The molecule has 3 rings (SSSR count). The van der Waals surface area contributed by atoms with Crippen molar-refractivity contribution in [3.05, 3.63) is 34.8 Å². The molecule has 1 N–H and O–H groups in total. The second-order valence-electron chi connectivity index (χ2n) is 7.26. The van der Waals surface area contributed by atoms with Crippen molar-refractivity contribution in [3.63, 3.8) is 0 Å². The summed E-state index contributed by atoms with van der Waals surface area (Å²) in [7, 11) is 4.80. The Bertz CT molecular complexity index is 847. The van der Waals surface area contributed by atoms with E-state index in [4.69, 9.17) is 30.5 Å². The third-order valence-corrected chi connectivity index (χ3v) is 5.57. The molecule has 2 unspecified atom stereocenters. The number of rotatable bonds is 8. The zero-order valence-electron chi connectivity index (χ0n) is 18.3. The van der Waals surface area contributed by atoms with Crippen LogP contribution in [0, 0.1) is 5.92 Å². The molecule has 31 heavy (non-hydrogen) atoms. The molecule has 1 aromatic heterocycles. The second-order valence-corrected chi connectivity index (χ2v) is 7.66. The first-order valence-electron chi connectivity index (χ1n) is 10.2. The number of carbonyl (C=O) groups excluding carboxylic acids is 1. The third-order valence-electron chi connectivity index (χ3n) is 5.30. The van der Waals surface area contributed by atoms with Crippen molar-refractivity contribution >= 4 is 29.3 Å². The van der Waals surface area contributed by atoms with Gasteiger partial charge in [-0.15, -0.1) is 0 Å². The van der Waals surface area contributed by atoms with Gasteiger partial charge in [-0.05, 0) is 25.8 Å². The number of hydrogen-bond donors (Lipinski definition) is 1. The van der Waals surface area contributed by atoms with Crippen molar-refractivity contribution in [3.8, 4) is 0 Å². The van der Waals surface area contributed by atoms with Crippen LogP contribution in [0.5, 0.6) is 0 Å². The summed E-state index contributed by atoms with van der Waals surface area (Å²) >= 11 is 6.40. The molecule has 1 saturated heterocycles. The van der Waals surface area contributed by atoms with Gasteiger partial charge in [-0.2, -0.15) is 4.98 Å². The predicted molar refractivity (Wildman–Crippen MR) is 117 cm³/mol.